The van der Waals surface area contributed by atoms with Crippen molar-refractivity contribution in [3.8, 4) is 11.1 Å². The Hall–Kier alpha value is -3.68. The van der Waals surface area contributed by atoms with Crippen molar-refractivity contribution in [2.75, 3.05) is 33.5 Å². The van der Waals surface area contributed by atoms with Gasteiger partial charge in [-0.1, -0.05) is 64.8 Å². The first-order valence-electron chi connectivity index (χ1n) is 16.3. The van der Waals surface area contributed by atoms with Gasteiger partial charge in [-0.2, -0.15) is 0 Å². The van der Waals surface area contributed by atoms with Crippen LogP contribution in [0.4, 0.5) is 5.69 Å². The van der Waals surface area contributed by atoms with E-state index >= 15 is 0 Å². The lowest BCUT2D eigenvalue weighted by Gasteiger charge is -2.50. The molecule has 0 spiro atoms. The summed E-state index contributed by atoms with van der Waals surface area (Å²) in [5.41, 5.74) is 6.31. The third kappa shape index (κ3) is 6.80. The summed E-state index contributed by atoms with van der Waals surface area (Å²) in [5.74, 6) is -5.28. The van der Waals surface area contributed by atoms with Gasteiger partial charge < -0.3 is 20.4 Å². The molecule has 0 bridgehead atoms. The molecule has 0 aliphatic heterocycles. The molecule has 0 heterocycles. The van der Waals surface area contributed by atoms with Crippen molar-refractivity contribution in [2.24, 2.45) is 23.7 Å². The van der Waals surface area contributed by atoms with Gasteiger partial charge in [0.2, 0.25) is 23.6 Å². The second-order valence-electron chi connectivity index (χ2n) is 14.7. The summed E-state index contributed by atoms with van der Waals surface area (Å²) < 4.78 is 0. The number of hydrogen-bond acceptors (Lipinski definition) is 4. The third-order valence-corrected chi connectivity index (χ3v) is 9.75. The topological polar surface area (TPSA) is 98.8 Å². The summed E-state index contributed by atoms with van der Waals surface area (Å²) >= 11 is 0. The Kier molecular flexibility index (Phi) is 9.86. The fraction of sp³-hybridized carbons (Fsp3) is 0.568. The number of rotatable bonds is 11. The molecule has 0 radical (unpaired) electrons. The van der Waals surface area contributed by atoms with Crippen LogP contribution < -0.4 is 10.6 Å². The molecule has 244 valence electrons. The molecule has 2 aliphatic rings. The predicted molar refractivity (Wildman–Crippen MR) is 180 cm³/mol. The average molecular weight is 617 g/mol. The number of carbonyl (C=O) groups excluding carboxylic acids is 4. The number of amides is 4. The van der Waals surface area contributed by atoms with Crippen molar-refractivity contribution in [1.29, 1.82) is 0 Å². The van der Waals surface area contributed by atoms with E-state index in [9.17, 15) is 19.2 Å². The normalized spacial score (nSPS) is 20.4. The van der Waals surface area contributed by atoms with E-state index in [1.165, 1.54) is 26.5 Å². The molecule has 8 nitrogen and oxygen atoms in total. The fourth-order valence-electron chi connectivity index (χ4n) is 7.42. The minimum atomic E-state index is -0.978. The molecule has 8 heteroatoms. The first-order chi connectivity index (χ1) is 21.0. The van der Waals surface area contributed by atoms with Crippen LogP contribution in [0.5, 0.6) is 0 Å². The van der Waals surface area contributed by atoms with Gasteiger partial charge >= 0.3 is 0 Å². The van der Waals surface area contributed by atoms with E-state index in [1.54, 1.807) is 28.2 Å². The molecule has 2 aliphatic carbocycles. The molecule has 4 amide bonds. The molecule has 2 atom stereocenters. The smallest absolute Gasteiger partial charge is 0.229 e. The summed E-state index contributed by atoms with van der Waals surface area (Å²) in [4.78, 5) is 57.5. The maximum absolute atomic E-state index is 14.0. The number of hydrogen-bond donors (Lipinski definition) is 2. The van der Waals surface area contributed by atoms with Gasteiger partial charge in [-0.25, -0.2) is 0 Å². The Bertz CT molecular complexity index is 1450. The van der Waals surface area contributed by atoms with Gasteiger partial charge in [-0.15, -0.1) is 0 Å². The minimum Gasteiger partial charge on any atom is -0.351 e. The minimum absolute atomic E-state index is 0.0993. The average Bonchev–Trinajstić information content (AvgIpc) is 3.28. The third-order valence-electron chi connectivity index (χ3n) is 9.75. The van der Waals surface area contributed by atoms with Crippen LogP contribution in [0.1, 0.15) is 83.9 Å². The van der Waals surface area contributed by atoms with Gasteiger partial charge in [-0.3, -0.25) is 19.2 Å². The van der Waals surface area contributed by atoms with Gasteiger partial charge in [0.1, 0.15) is 0 Å². The molecule has 0 aromatic heterocycles. The molecule has 2 N–H and O–H groups in total. The lowest BCUT2D eigenvalue weighted by atomic mass is 9.54. The Morgan fingerprint density at radius 1 is 0.711 bits per heavy atom. The summed E-state index contributed by atoms with van der Waals surface area (Å²) in [6, 6.07) is 12.7. The van der Waals surface area contributed by atoms with Gasteiger partial charge in [0.05, 0.1) is 23.7 Å². The van der Waals surface area contributed by atoms with Crippen molar-refractivity contribution in [3.05, 3.63) is 53.1 Å². The van der Waals surface area contributed by atoms with Gasteiger partial charge in [-0.05, 0) is 78.5 Å². The van der Waals surface area contributed by atoms with Crippen molar-refractivity contribution in [2.45, 2.75) is 84.6 Å². The maximum atomic E-state index is 14.0. The number of fused-ring (bicyclic) bond motifs is 3. The van der Waals surface area contributed by atoms with Crippen LogP contribution in [0.25, 0.3) is 11.1 Å². The molecule has 2 aromatic rings. The summed E-state index contributed by atoms with van der Waals surface area (Å²) in [5, 5.41) is 6.08. The van der Waals surface area contributed by atoms with Crippen molar-refractivity contribution < 1.29 is 19.2 Å². The second kappa shape index (κ2) is 13.0. The molecule has 4 rings (SSSR count). The maximum Gasteiger partial charge on any atom is 0.229 e. The number of carbonyl (C=O) groups is 4. The zero-order chi connectivity index (χ0) is 33.4. The van der Waals surface area contributed by atoms with Crippen LogP contribution in [0.3, 0.4) is 0 Å². The fourth-order valence-corrected chi connectivity index (χ4v) is 7.42. The Balaban J connectivity index is 1.61. The highest BCUT2D eigenvalue weighted by Gasteiger charge is 2.63. The molecule has 0 saturated heterocycles. The van der Waals surface area contributed by atoms with Crippen LogP contribution in [0.15, 0.2) is 36.4 Å². The van der Waals surface area contributed by atoms with E-state index in [0.29, 0.717) is 5.69 Å². The Morgan fingerprint density at radius 3 is 1.76 bits per heavy atom. The van der Waals surface area contributed by atoms with E-state index in [0.717, 1.165) is 43.2 Å². The van der Waals surface area contributed by atoms with Crippen LogP contribution in [-0.2, 0) is 31.0 Å². The van der Waals surface area contributed by atoms with E-state index in [2.05, 4.69) is 49.6 Å². The van der Waals surface area contributed by atoms with Gasteiger partial charge in [0, 0.05) is 39.4 Å². The van der Waals surface area contributed by atoms with Crippen molar-refractivity contribution in [3.63, 3.8) is 0 Å². The van der Waals surface area contributed by atoms with Crippen LogP contribution in [0.2, 0.25) is 0 Å². The van der Waals surface area contributed by atoms with Crippen molar-refractivity contribution in [1.82, 2.24) is 15.1 Å². The first-order valence-corrected chi connectivity index (χ1v) is 16.3. The summed E-state index contributed by atoms with van der Waals surface area (Å²) in [6.07, 6.45) is 4.62. The zero-order valence-corrected chi connectivity index (χ0v) is 28.8. The highest BCUT2D eigenvalue weighted by molar-refractivity contribution is 6.06. The number of nitrogens with zero attached hydrogens (tertiary/aromatic N) is 2. The molecule has 2 unspecified atom stereocenters. The number of benzene rings is 2. The molecular formula is C37H52N4O4. The largest absolute Gasteiger partial charge is 0.351 e. The van der Waals surface area contributed by atoms with E-state index < -0.39 is 35.1 Å². The molecule has 45 heavy (non-hydrogen) atoms. The standard InChI is InChI=1S/C37H52N4O4/c1-11-17-36(3,4)24-13-15-26-22(20-24)19-23-21-25(14-16-27(23)26)38-32(42)28-30(34(44)40(7)8)29(31(28)35(45)41(9)10)33(43)39-37(5,6)18-12-2/h13-16,20-21,28-31H,11-12,17-19H2,1-10H3,(H,38,42)(H,39,43). The SMILES string of the molecule is CCCC(C)(C)NC(=O)C1C(C(=O)N(C)C)C(C(=O)Nc2ccc3c(c2)Cc2cc(C(C)(C)CCC)ccc2-3)C1C(=O)N(C)C. The molecule has 1 fully saturated rings. The lowest BCUT2D eigenvalue weighted by molar-refractivity contribution is -0.172. The predicted octanol–water partition coefficient (Wildman–Crippen LogP) is 5.62. The Labute approximate surface area is 269 Å². The molecule has 2 aromatic carbocycles. The summed E-state index contributed by atoms with van der Waals surface area (Å²) in [6.45, 7) is 12.7. The summed E-state index contributed by atoms with van der Waals surface area (Å²) in [7, 11) is 6.45. The molecular weight excluding hydrogens is 564 g/mol. The Morgan fingerprint density at radius 2 is 1.22 bits per heavy atom. The van der Waals surface area contributed by atoms with E-state index in [-0.39, 0.29) is 23.1 Å². The number of anilines is 1. The molecule has 1 saturated carbocycles. The van der Waals surface area contributed by atoms with Crippen molar-refractivity contribution >= 4 is 29.3 Å². The highest BCUT2D eigenvalue weighted by Crippen LogP contribution is 2.49. The van der Waals surface area contributed by atoms with Crippen LogP contribution in [-0.4, -0.2) is 67.2 Å². The van der Waals surface area contributed by atoms with Gasteiger partial charge in [0.15, 0.2) is 0 Å². The quantitative estimate of drug-likeness (QED) is 0.292. The monoisotopic (exact) mass is 616 g/mol. The zero-order valence-electron chi connectivity index (χ0n) is 28.8. The number of nitrogens with one attached hydrogen (secondary N) is 2. The van der Waals surface area contributed by atoms with Crippen LogP contribution >= 0.6 is 0 Å². The first kappa shape index (κ1) is 34.2. The van der Waals surface area contributed by atoms with Gasteiger partial charge in [0.25, 0.3) is 0 Å². The lowest BCUT2D eigenvalue weighted by Crippen LogP contribution is -2.66. The highest BCUT2D eigenvalue weighted by atomic mass is 16.2. The van der Waals surface area contributed by atoms with E-state index in [4.69, 9.17) is 0 Å². The van der Waals surface area contributed by atoms with E-state index in [1.807, 2.05) is 39.0 Å². The van der Waals surface area contributed by atoms with Crippen LogP contribution in [0, 0.1) is 23.7 Å². The second-order valence-corrected chi connectivity index (χ2v) is 14.7.